The Bertz CT molecular complexity index is 266. The number of rotatable bonds is 6. The third-order valence-corrected chi connectivity index (χ3v) is 2.25. The van der Waals surface area contributed by atoms with E-state index in [1.807, 2.05) is 12.1 Å². The predicted octanol–water partition coefficient (Wildman–Crippen LogP) is 2.63. The Morgan fingerprint density at radius 1 is 1.20 bits per heavy atom. The fraction of sp³-hybridized carbons (Fsp3) is 0.538. The first kappa shape index (κ1) is 12.1. The lowest BCUT2D eigenvalue weighted by atomic mass is 10.2. The van der Waals surface area contributed by atoms with Crippen LogP contribution in [0.2, 0.25) is 0 Å². The van der Waals surface area contributed by atoms with Gasteiger partial charge in [0.05, 0.1) is 0 Å². The molecule has 1 rings (SSSR count). The van der Waals surface area contributed by atoms with Gasteiger partial charge in [0, 0.05) is 12.6 Å². The molecule has 0 amide bonds. The molecular formula is C13H21NO. The van der Waals surface area contributed by atoms with Gasteiger partial charge in [-0.15, -0.1) is 0 Å². The molecule has 15 heavy (non-hydrogen) atoms. The Morgan fingerprint density at radius 3 is 2.40 bits per heavy atom. The second kappa shape index (κ2) is 6.46. The van der Waals surface area contributed by atoms with E-state index in [0.717, 1.165) is 25.3 Å². The SMILES string of the molecule is CCc1ccc(OCCNC(C)C)cc1. The van der Waals surface area contributed by atoms with E-state index in [1.165, 1.54) is 5.56 Å². The Kier molecular flexibility index (Phi) is 5.19. The molecule has 0 aliphatic carbocycles. The van der Waals surface area contributed by atoms with Crippen molar-refractivity contribution in [1.82, 2.24) is 5.32 Å². The molecule has 0 aliphatic rings. The van der Waals surface area contributed by atoms with Gasteiger partial charge in [-0.25, -0.2) is 0 Å². The molecule has 2 heteroatoms. The van der Waals surface area contributed by atoms with Gasteiger partial charge < -0.3 is 10.1 Å². The van der Waals surface area contributed by atoms with Crippen molar-refractivity contribution in [3.8, 4) is 5.75 Å². The van der Waals surface area contributed by atoms with Gasteiger partial charge in [-0.1, -0.05) is 32.9 Å². The number of aryl methyl sites for hydroxylation is 1. The van der Waals surface area contributed by atoms with Gasteiger partial charge >= 0.3 is 0 Å². The molecule has 0 aliphatic heterocycles. The number of hydrogen-bond acceptors (Lipinski definition) is 2. The average Bonchev–Trinajstić information content (AvgIpc) is 2.25. The minimum Gasteiger partial charge on any atom is -0.492 e. The third-order valence-electron chi connectivity index (χ3n) is 2.25. The smallest absolute Gasteiger partial charge is 0.119 e. The summed E-state index contributed by atoms with van der Waals surface area (Å²) < 4.78 is 5.59. The summed E-state index contributed by atoms with van der Waals surface area (Å²) in [5.41, 5.74) is 1.35. The highest BCUT2D eigenvalue weighted by molar-refractivity contribution is 5.27. The normalized spacial score (nSPS) is 10.7. The summed E-state index contributed by atoms with van der Waals surface area (Å²) in [6, 6.07) is 8.83. The minimum atomic E-state index is 0.524. The third kappa shape index (κ3) is 4.84. The van der Waals surface area contributed by atoms with E-state index < -0.39 is 0 Å². The molecule has 0 unspecified atom stereocenters. The molecule has 0 bridgehead atoms. The van der Waals surface area contributed by atoms with Crippen molar-refractivity contribution in [3.05, 3.63) is 29.8 Å². The Hall–Kier alpha value is -1.02. The highest BCUT2D eigenvalue weighted by atomic mass is 16.5. The molecule has 0 fully saturated rings. The molecule has 1 aromatic carbocycles. The molecule has 0 aromatic heterocycles. The van der Waals surface area contributed by atoms with Crippen LogP contribution in [0.25, 0.3) is 0 Å². The van der Waals surface area contributed by atoms with Crippen molar-refractivity contribution in [2.75, 3.05) is 13.2 Å². The summed E-state index contributed by atoms with van der Waals surface area (Å²) in [5, 5.41) is 3.31. The highest BCUT2D eigenvalue weighted by Gasteiger charge is 1.95. The van der Waals surface area contributed by atoms with Crippen LogP contribution in [0.15, 0.2) is 24.3 Å². The maximum Gasteiger partial charge on any atom is 0.119 e. The van der Waals surface area contributed by atoms with E-state index >= 15 is 0 Å². The molecule has 1 aromatic rings. The topological polar surface area (TPSA) is 21.3 Å². The van der Waals surface area contributed by atoms with Crippen molar-refractivity contribution >= 4 is 0 Å². The lowest BCUT2D eigenvalue weighted by molar-refractivity contribution is 0.309. The minimum absolute atomic E-state index is 0.524. The van der Waals surface area contributed by atoms with E-state index in [4.69, 9.17) is 4.74 Å². The molecule has 84 valence electrons. The average molecular weight is 207 g/mol. The van der Waals surface area contributed by atoms with Gasteiger partial charge in [-0.2, -0.15) is 0 Å². The first-order valence-electron chi connectivity index (χ1n) is 5.67. The molecule has 0 radical (unpaired) electrons. The van der Waals surface area contributed by atoms with Gasteiger partial charge in [0.2, 0.25) is 0 Å². The highest BCUT2D eigenvalue weighted by Crippen LogP contribution is 2.11. The second-order valence-corrected chi connectivity index (χ2v) is 3.95. The fourth-order valence-electron chi connectivity index (χ4n) is 1.34. The van der Waals surface area contributed by atoms with Gasteiger partial charge in [-0.3, -0.25) is 0 Å². The quantitative estimate of drug-likeness (QED) is 0.724. The second-order valence-electron chi connectivity index (χ2n) is 3.95. The van der Waals surface area contributed by atoms with Crippen molar-refractivity contribution in [2.24, 2.45) is 0 Å². The van der Waals surface area contributed by atoms with Crippen molar-refractivity contribution in [3.63, 3.8) is 0 Å². The summed E-state index contributed by atoms with van der Waals surface area (Å²) in [5.74, 6) is 0.956. The lowest BCUT2D eigenvalue weighted by Crippen LogP contribution is -2.27. The predicted molar refractivity (Wildman–Crippen MR) is 64.5 cm³/mol. The van der Waals surface area contributed by atoms with E-state index in [1.54, 1.807) is 0 Å². The molecule has 0 atom stereocenters. The van der Waals surface area contributed by atoms with Crippen molar-refractivity contribution in [2.45, 2.75) is 33.2 Å². The zero-order valence-corrected chi connectivity index (χ0v) is 9.92. The molecule has 0 spiro atoms. The van der Waals surface area contributed by atoms with Crippen molar-refractivity contribution in [1.29, 1.82) is 0 Å². The monoisotopic (exact) mass is 207 g/mol. The lowest BCUT2D eigenvalue weighted by Gasteiger charge is -2.09. The summed E-state index contributed by atoms with van der Waals surface area (Å²) in [4.78, 5) is 0. The number of hydrogen-bond donors (Lipinski definition) is 1. The Morgan fingerprint density at radius 2 is 1.87 bits per heavy atom. The van der Waals surface area contributed by atoms with Crippen LogP contribution in [0.4, 0.5) is 0 Å². The largest absolute Gasteiger partial charge is 0.492 e. The van der Waals surface area contributed by atoms with Crippen LogP contribution in [0, 0.1) is 0 Å². The van der Waals surface area contributed by atoms with Gasteiger partial charge in [0.15, 0.2) is 0 Å². The van der Waals surface area contributed by atoms with Crippen molar-refractivity contribution < 1.29 is 4.74 Å². The van der Waals surface area contributed by atoms with E-state index in [9.17, 15) is 0 Å². The van der Waals surface area contributed by atoms with Crippen LogP contribution in [-0.4, -0.2) is 19.2 Å². The molecular weight excluding hydrogens is 186 g/mol. The summed E-state index contributed by atoms with van der Waals surface area (Å²) in [7, 11) is 0. The van der Waals surface area contributed by atoms with Crippen LogP contribution >= 0.6 is 0 Å². The Labute approximate surface area is 92.6 Å². The first-order chi connectivity index (χ1) is 7.22. The van der Waals surface area contributed by atoms with E-state index in [0.29, 0.717) is 6.04 Å². The molecule has 0 saturated heterocycles. The standard InChI is InChI=1S/C13H21NO/c1-4-12-5-7-13(8-6-12)15-10-9-14-11(2)3/h5-8,11,14H,4,9-10H2,1-3H3. The molecule has 1 N–H and O–H groups in total. The maximum atomic E-state index is 5.59. The van der Waals surface area contributed by atoms with Crippen LogP contribution in [0.1, 0.15) is 26.3 Å². The fourth-order valence-corrected chi connectivity index (χ4v) is 1.34. The van der Waals surface area contributed by atoms with E-state index in [2.05, 4.69) is 38.2 Å². The van der Waals surface area contributed by atoms with Crippen LogP contribution in [-0.2, 0) is 6.42 Å². The van der Waals surface area contributed by atoms with Gasteiger partial charge in [-0.05, 0) is 24.1 Å². The summed E-state index contributed by atoms with van der Waals surface area (Å²) in [6.45, 7) is 8.05. The zero-order chi connectivity index (χ0) is 11.1. The van der Waals surface area contributed by atoms with E-state index in [-0.39, 0.29) is 0 Å². The molecule has 2 nitrogen and oxygen atoms in total. The summed E-state index contributed by atoms with van der Waals surface area (Å²) >= 11 is 0. The first-order valence-corrected chi connectivity index (χ1v) is 5.67. The maximum absolute atomic E-state index is 5.59. The molecule has 0 saturated carbocycles. The van der Waals surface area contributed by atoms with Gasteiger partial charge in [0.25, 0.3) is 0 Å². The molecule has 0 heterocycles. The number of nitrogens with one attached hydrogen (secondary N) is 1. The van der Waals surface area contributed by atoms with Gasteiger partial charge in [0.1, 0.15) is 12.4 Å². The van der Waals surface area contributed by atoms with Crippen LogP contribution in [0.5, 0.6) is 5.75 Å². The summed E-state index contributed by atoms with van der Waals surface area (Å²) in [6.07, 6.45) is 1.08. The number of ether oxygens (including phenoxy) is 1. The Balaban J connectivity index is 2.25. The van der Waals surface area contributed by atoms with Crippen LogP contribution in [0.3, 0.4) is 0 Å². The van der Waals surface area contributed by atoms with Crippen LogP contribution < -0.4 is 10.1 Å². The zero-order valence-electron chi connectivity index (χ0n) is 9.92. The number of benzene rings is 1.